The SMILES string of the molecule is CN(C)C(O)c1sc2cnc(Nc3ccc(N4CC5CC(C4)N5C)cn3)nc2c1C1CCCC1. The topological polar surface area (TPSA) is 80.7 Å². The smallest absolute Gasteiger partial charge is 0.228 e. The Balaban J connectivity index is 1.25. The number of aliphatic hydroxyl groups excluding tert-OH is 1. The van der Waals surface area contributed by atoms with Crippen molar-refractivity contribution in [1.82, 2.24) is 24.8 Å². The first-order chi connectivity index (χ1) is 16.5. The monoisotopic (exact) mass is 479 g/mol. The Morgan fingerprint density at radius 2 is 1.88 bits per heavy atom. The van der Waals surface area contributed by atoms with Crippen molar-refractivity contribution in [1.29, 1.82) is 0 Å². The van der Waals surface area contributed by atoms with Gasteiger partial charge in [-0.3, -0.25) is 9.80 Å². The number of pyridine rings is 1. The summed E-state index contributed by atoms with van der Waals surface area (Å²) in [5.74, 6) is 1.75. The van der Waals surface area contributed by atoms with Gasteiger partial charge in [-0.15, -0.1) is 11.3 Å². The van der Waals surface area contributed by atoms with Crippen LogP contribution in [0.25, 0.3) is 10.2 Å². The second-order valence-corrected chi connectivity index (χ2v) is 11.3. The summed E-state index contributed by atoms with van der Waals surface area (Å²) in [6.07, 6.45) is 9.31. The molecule has 9 heteroatoms. The zero-order chi connectivity index (χ0) is 23.4. The molecule has 1 saturated carbocycles. The number of aromatic nitrogens is 3. The minimum absolute atomic E-state index is 0.452. The van der Waals surface area contributed by atoms with Crippen LogP contribution in [-0.4, -0.2) is 76.2 Å². The fourth-order valence-electron chi connectivity index (χ4n) is 5.79. The molecule has 6 heterocycles. The van der Waals surface area contributed by atoms with Crippen LogP contribution >= 0.6 is 11.3 Å². The first kappa shape index (κ1) is 22.2. The lowest BCUT2D eigenvalue weighted by Gasteiger charge is -2.55. The maximum Gasteiger partial charge on any atom is 0.228 e. The van der Waals surface area contributed by atoms with Gasteiger partial charge in [0.2, 0.25) is 5.95 Å². The predicted molar refractivity (Wildman–Crippen MR) is 137 cm³/mol. The highest BCUT2D eigenvalue weighted by molar-refractivity contribution is 7.19. The molecule has 3 aromatic heterocycles. The summed E-state index contributed by atoms with van der Waals surface area (Å²) in [5, 5.41) is 14.2. The van der Waals surface area contributed by atoms with E-state index in [2.05, 4.69) is 38.2 Å². The number of nitrogens with zero attached hydrogens (tertiary/aromatic N) is 6. The van der Waals surface area contributed by atoms with Gasteiger partial charge in [0, 0.05) is 25.2 Å². The highest BCUT2D eigenvalue weighted by atomic mass is 32.1. The van der Waals surface area contributed by atoms with Gasteiger partial charge < -0.3 is 15.3 Å². The molecule has 3 aliphatic heterocycles. The van der Waals surface area contributed by atoms with Crippen molar-refractivity contribution < 1.29 is 5.11 Å². The number of hydrogen-bond donors (Lipinski definition) is 2. The fourth-order valence-corrected chi connectivity index (χ4v) is 7.08. The molecule has 0 aromatic carbocycles. The summed E-state index contributed by atoms with van der Waals surface area (Å²) in [6.45, 7) is 2.15. The summed E-state index contributed by atoms with van der Waals surface area (Å²) < 4.78 is 1.03. The van der Waals surface area contributed by atoms with E-state index in [0.29, 0.717) is 23.9 Å². The van der Waals surface area contributed by atoms with Crippen LogP contribution in [0.4, 0.5) is 17.5 Å². The highest BCUT2D eigenvalue weighted by Gasteiger charge is 2.42. The molecule has 2 N–H and O–H groups in total. The fraction of sp³-hybridized carbons (Fsp3) is 0.560. The van der Waals surface area contributed by atoms with Gasteiger partial charge in [-0.2, -0.15) is 0 Å². The number of likely N-dealkylation sites (N-methyl/N-ethyl adjacent to an activating group) is 1. The standard InChI is InChI=1S/C25H33N7OS/c1-30(2)24(33)23-21(15-6-4-5-7-15)22-19(34-23)12-27-25(29-22)28-20-9-8-16(11-26-20)32-13-17-10-18(14-32)31(17)3/h8-9,11-12,15,17-18,24,33H,4-7,10,13-14H2,1-3H3,(H,26,27,28,29). The molecule has 4 aliphatic rings. The van der Waals surface area contributed by atoms with Crippen LogP contribution in [0.15, 0.2) is 24.5 Å². The second kappa shape index (κ2) is 8.71. The summed E-state index contributed by atoms with van der Waals surface area (Å²) in [5.41, 5.74) is 3.35. The number of rotatable bonds is 6. The highest BCUT2D eigenvalue weighted by Crippen LogP contribution is 2.45. The number of anilines is 3. The van der Waals surface area contributed by atoms with Crippen molar-refractivity contribution in [2.45, 2.75) is 56.3 Å². The number of piperidine rings is 1. The van der Waals surface area contributed by atoms with Gasteiger partial charge in [-0.25, -0.2) is 15.0 Å². The second-order valence-electron chi connectivity index (χ2n) is 10.2. The van der Waals surface area contributed by atoms with E-state index in [1.54, 1.807) is 11.3 Å². The lowest BCUT2D eigenvalue weighted by Crippen LogP contribution is -2.67. The molecule has 3 saturated heterocycles. The molecule has 0 spiro atoms. The van der Waals surface area contributed by atoms with Crippen LogP contribution in [0.1, 0.15) is 54.7 Å². The maximum absolute atomic E-state index is 10.9. The molecule has 8 nitrogen and oxygen atoms in total. The molecule has 1 aliphatic carbocycles. The third-order valence-corrected chi connectivity index (χ3v) is 9.06. The first-order valence-electron chi connectivity index (χ1n) is 12.3. The quantitative estimate of drug-likeness (QED) is 0.515. The third kappa shape index (κ3) is 3.84. The van der Waals surface area contributed by atoms with E-state index in [1.165, 1.54) is 30.5 Å². The van der Waals surface area contributed by atoms with Gasteiger partial charge in [0.15, 0.2) is 0 Å². The number of aliphatic hydroxyl groups is 1. The minimum Gasteiger partial charge on any atom is -0.373 e. The van der Waals surface area contributed by atoms with Gasteiger partial charge in [-0.05, 0) is 64.0 Å². The molecule has 7 rings (SSSR count). The van der Waals surface area contributed by atoms with E-state index in [0.717, 1.165) is 46.8 Å². The van der Waals surface area contributed by atoms with Crippen molar-refractivity contribution in [3.05, 3.63) is 35.0 Å². The lowest BCUT2D eigenvalue weighted by molar-refractivity contribution is 0.0264. The molecule has 34 heavy (non-hydrogen) atoms. The number of thiophene rings is 1. The van der Waals surface area contributed by atoms with Crippen LogP contribution in [-0.2, 0) is 0 Å². The Bertz CT molecular complexity index is 1160. The molecule has 180 valence electrons. The zero-order valence-corrected chi connectivity index (χ0v) is 20.9. The van der Waals surface area contributed by atoms with Gasteiger partial charge in [0.25, 0.3) is 0 Å². The van der Waals surface area contributed by atoms with Crippen molar-refractivity contribution >= 4 is 39.0 Å². The Morgan fingerprint density at radius 1 is 1.12 bits per heavy atom. The van der Waals surface area contributed by atoms with E-state index in [4.69, 9.17) is 4.98 Å². The largest absolute Gasteiger partial charge is 0.373 e. The average molecular weight is 480 g/mol. The minimum atomic E-state index is -0.624. The van der Waals surface area contributed by atoms with Crippen molar-refractivity contribution in [3.8, 4) is 0 Å². The molecule has 0 radical (unpaired) electrons. The van der Waals surface area contributed by atoms with Gasteiger partial charge >= 0.3 is 0 Å². The summed E-state index contributed by atoms with van der Waals surface area (Å²) in [6, 6.07) is 5.50. The number of piperazine rings is 1. The molecule has 3 unspecified atom stereocenters. The zero-order valence-electron chi connectivity index (χ0n) is 20.1. The number of nitrogens with one attached hydrogen (secondary N) is 1. The van der Waals surface area contributed by atoms with Crippen molar-refractivity contribution in [2.24, 2.45) is 0 Å². The van der Waals surface area contributed by atoms with Crippen LogP contribution in [0.5, 0.6) is 0 Å². The van der Waals surface area contributed by atoms with Gasteiger partial charge in [0.1, 0.15) is 12.0 Å². The average Bonchev–Trinajstić information content (AvgIpc) is 3.51. The molecule has 4 fully saturated rings. The molecule has 2 bridgehead atoms. The molecular formula is C25H33N7OS. The van der Waals surface area contributed by atoms with E-state index >= 15 is 0 Å². The number of hydrogen-bond acceptors (Lipinski definition) is 9. The van der Waals surface area contributed by atoms with Crippen LogP contribution in [0.3, 0.4) is 0 Å². The van der Waals surface area contributed by atoms with E-state index in [1.807, 2.05) is 37.5 Å². The van der Waals surface area contributed by atoms with Gasteiger partial charge in [0.05, 0.1) is 33.2 Å². The van der Waals surface area contributed by atoms with Crippen LogP contribution in [0.2, 0.25) is 0 Å². The Kier molecular flexibility index (Phi) is 5.68. The Labute approximate surface area is 204 Å². The molecule has 3 aromatic rings. The summed E-state index contributed by atoms with van der Waals surface area (Å²) in [4.78, 5) is 21.9. The van der Waals surface area contributed by atoms with Crippen LogP contribution in [0, 0.1) is 0 Å². The normalized spacial score (nSPS) is 24.1. The van der Waals surface area contributed by atoms with Crippen molar-refractivity contribution in [3.63, 3.8) is 0 Å². The van der Waals surface area contributed by atoms with Crippen molar-refractivity contribution in [2.75, 3.05) is 44.4 Å². The molecule has 3 atom stereocenters. The molecular weight excluding hydrogens is 446 g/mol. The third-order valence-electron chi connectivity index (χ3n) is 7.89. The van der Waals surface area contributed by atoms with E-state index in [9.17, 15) is 5.11 Å². The lowest BCUT2D eigenvalue weighted by atomic mass is 9.88. The predicted octanol–water partition coefficient (Wildman–Crippen LogP) is 3.93. The van der Waals surface area contributed by atoms with E-state index < -0.39 is 6.23 Å². The Hall–Kier alpha value is -2.33. The molecule has 0 amide bonds. The number of fused-ring (bicyclic) bond motifs is 3. The van der Waals surface area contributed by atoms with E-state index in [-0.39, 0.29) is 0 Å². The first-order valence-corrected chi connectivity index (χ1v) is 13.1. The van der Waals surface area contributed by atoms with Gasteiger partial charge in [-0.1, -0.05) is 12.8 Å². The maximum atomic E-state index is 10.9. The summed E-state index contributed by atoms with van der Waals surface area (Å²) >= 11 is 1.61. The summed E-state index contributed by atoms with van der Waals surface area (Å²) in [7, 11) is 6.05. The Morgan fingerprint density at radius 3 is 2.53 bits per heavy atom. The van der Waals surface area contributed by atoms with Crippen LogP contribution < -0.4 is 10.2 Å².